The first-order chi connectivity index (χ1) is 17.8. The molecular weight excluding hydrogens is 505 g/mol. The summed E-state index contributed by atoms with van der Waals surface area (Å²) < 4.78 is 24.9. The third-order valence-electron chi connectivity index (χ3n) is 5.43. The number of nitrogen functional groups attached to an aromatic ring is 1. The van der Waals surface area contributed by atoms with E-state index in [1.54, 1.807) is 19.1 Å². The Kier molecular flexibility index (Phi) is 6.06. The summed E-state index contributed by atoms with van der Waals surface area (Å²) in [4.78, 5) is 37.0. The molecular formula is C25H17ClFN5O5. The number of nitrogens with zero attached hydrogens (tertiary/aromatic N) is 3. The second-order valence-corrected chi connectivity index (χ2v) is 8.21. The summed E-state index contributed by atoms with van der Waals surface area (Å²) in [6, 6.07) is 11.4. The van der Waals surface area contributed by atoms with Gasteiger partial charge in [0.15, 0.2) is 17.3 Å². The van der Waals surface area contributed by atoms with Crippen LogP contribution in [0.1, 0.15) is 38.8 Å². The van der Waals surface area contributed by atoms with Crippen LogP contribution in [0.15, 0.2) is 48.5 Å². The summed E-state index contributed by atoms with van der Waals surface area (Å²) in [6.45, 7) is 2.25. The standard InChI is InChI=1S/C25H17ClFN5O5/c1-2-29-24-30-23(27)31-25(32-24)37-16-8-7-11(9-14(16)26)36-17-10-15(33)18-19(20(17)28)22(35)13-6-4-3-5-12(13)21(18)34/h3-10,33H,2,28H2,1H3,(H,29,30,31,32). The third kappa shape index (κ3) is 4.36. The van der Waals surface area contributed by atoms with Crippen LogP contribution in [0, 0.1) is 6.08 Å². The number of carbonyl (C=O) groups is 2. The lowest BCUT2D eigenvalue weighted by molar-refractivity contribution is 0.0977. The van der Waals surface area contributed by atoms with Crippen molar-refractivity contribution in [2.45, 2.75) is 6.92 Å². The third-order valence-corrected chi connectivity index (χ3v) is 5.73. The molecule has 3 aromatic carbocycles. The van der Waals surface area contributed by atoms with E-state index >= 15 is 0 Å². The number of fused-ring (bicyclic) bond motifs is 2. The summed E-state index contributed by atoms with van der Waals surface area (Å²) >= 11 is 6.31. The van der Waals surface area contributed by atoms with Crippen LogP contribution in [0.2, 0.25) is 5.02 Å². The number of phenols is 1. The Labute approximate surface area is 213 Å². The molecule has 1 aliphatic rings. The van der Waals surface area contributed by atoms with Gasteiger partial charge in [-0.05, 0) is 19.1 Å². The number of nitrogens with one attached hydrogen (secondary N) is 1. The largest absolute Gasteiger partial charge is 0.507 e. The van der Waals surface area contributed by atoms with Crippen molar-refractivity contribution < 1.29 is 28.6 Å². The molecule has 10 nitrogen and oxygen atoms in total. The van der Waals surface area contributed by atoms with E-state index in [0.717, 1.165) is 6.07 Å². The molecule has 1 aromatic heterocycles. The number of aromatic hydroxyl groups is 1. The van der Waals surface area contributed by atoms with Crippen LogP contribution in [0.25, 0.3) is 0 Å². The second kappa shape index (κ2) is 9.36. The van der Waals surface area contributed by atoms with Gasteiger partial charge < -0.3 is 25.6 Å². The molecule has 0 radical (unpaired) electrons. The maximum atomic E-state index is 13.7. The van der Waals surface area contributed by atoms with Crippen LogP contribution in [-0.4, -0.2) is 38.2 Å². The van der Waals surface area contributed by atoms with Crippen molar-refractivity contribution in [3.63, 3.8) is 0 Å². The minimum absolute atomic E-state index is 0.000536. The lowest BCUT2D eigenvalue weighted by atomic mass is 9.82. The minimum atomic E-state index is -1.03. The molecule has 0 bridgehead atoms. The summed E-state index contributed by atoms with van der Waals surface area (Å²) in [6.07, 6.45) is -1.03. The first-order valence-electron chi connectivity index (χ1n) is 10.9. The van der Waals surface area contributed by atoms with Gasteiger partial charge in [0.2, 0.25) is 5.95 Å². The van der Waals surface area contributed by atoms with Crippen molar-refractivity contribution in [1.82, 2.24) is 15.0 Å². The lowest BCUT2D eigenvalue weighted by Gasteiger charge is -2.21. The van der Waals surface area contributed by atoms with E-state index in [-0.39, 0.29) is 62.2 Å². The first kappa shape index (κ1) is 23.9. The maximum Gasteiger partial charge on any atom is 0.329 e. The number of hydrogen-bond acceptors (Lipinski definition) is 10. The predicted octanol–water partition coefficient (Wildman–Crippen LogP) is 4.74. The fraction of sp³-hybridized carbons (Fsp3) is 0.0800. The SMILES string of the molecule is CCNc1nc(F)nc(Oc2ccc(Oc3cc(O)c4c(c3N)C(=O)c3ccccc3C4=O)cc2Cl)n1. The number of nitrogens with two attached hydrogens (primary N) is 1. The number of rotatable bonds is 6. The number of aromatic nitrogens is 3. The monoisotopic (exact) mass is 521 g/mol. The van der Waals surface area contributed by atoms with Gasteiger partial charge in [-0.25, -0.2) is 0 Å². The van der Waals surface area contributed by atoms with Gasteiger partial charge in [-0.3, -0.25) is 9.59 Å². The van der Waals surface area contributed by atoms with Gasteiger partial charge in [-0.1, -0.05) is 35.9 Å². The molecule has 0 saturated heterocycles. The average Bonchev–Trinajstić information content (AvgIpc) is 2.86. The van der Waals surface area contributed by atoms with Crippen LogP contribution in [0.3, 0.4) is 0 Å². The smallest absolute Gasteiger partial charge is 0.329 e. The van der Waals surface area contributed by atoms with Gasteiger partial charge in [0, 0.05) is 29.8 Å². The quantitative estimate of drug-likeness (QED) is 0.211. The number of halogens is 2. The zero-order valence-electron chi connectivity index (χ0n) is 19.1. The van der Waals surface area contributed by atoms with Crippen molar-refractivity contribution in [1.29, 1.82) is 0 Å². The van der Waals surface area contributed by atoms with Crippen LogP contribution in [0.5, 0.6) is 29.0 Å². The van der Waals surface area contributed by atoms with Crippen molar-refractivity contribution in [3.05, 3.63) is 81.9 Å². The topological polar surface area (TPSA) is 150 Å². The minimum Gasteiger partial charge on any atom is -0.507 e. The number of anilines is 2. The van der Waals surface area contributed by atoms with E-state index in [4.69, 9.17) is 26.8 Å². The lowest BCUT2D eigenvalue weighted by Crippen LogP contribution is -2.22. The van der Waals surface area contributed by atoms with Gasteiger partial charge in [0.05, 0.1) is 21.8 Å². The molecule has 0 amide bonds. The Bertz CT molecular complexity index is 1600. The van der Waals surface area contributed by atoms with E-state index in [9.17, 15) is 19.1 Å². The van der Waals surface area contributed by atoms with Crippen molar-refractivity contribution in [2.75, 3.05) is 17.6 Å². The molecule has 12 heteroatoms. The van der Waals surface area contributed by atoms with Gasteiger partial charge in [-0.2, -0.15) is 14.4 Å². The number of phenolic OH excluding ortho intramolecular Hbond substituents is 1. The highest BCUT2D eigenvalue weighted by Crippen LogP contribution is 2.43. The molecule has 4 N–H and O–H groups in total. The molecule has 0 unspecified atom stereocenters. The Morgan fingerprint density at radius 1 is 0.973 bits per heavy atom. The molecule has 1 aliphatic carbocycles. The van der Waals surface area contributed by atoms with E-state index < -0.39 is 23.4 Å². The highest BCUT2D eigenvalue weighted by atomic mass is 35.5. The highest BCUT2D eigenvalue weighted by molar-refractivity contribution is 6.32. The maximum absolute atomic E-state index is 13.7. The zero-order chi connectivity index (χ0) is 26.3. The molecule has 0 aliphatic heterocycles. The van der Waals surface area contributed by atoms with Gasteiger partial charge in [-0.15, -0.1) is 4.98 Å². The zero-order valence-corrected chi connectivity index (χ0v) is 19.8. The summed E-state index contributed by atoms with van der Waals surface area (Å²) in [5.74, 6) is -1.26. The van der Waals surface area contributed by atoms with Gasteiger partial charge >= 0.3 is 12.1 Å². The molecule has 0 fully saturated rings. The Balaban J connectivity index is 1.44. The van der Waals surface area contributed by atoms with E-state index in [2.05, 4.69) is 20.3 Å². The number of ether oxygens (including phenoxy) is 2. The van der Waals surface area contributed by atoms with Gasteiger partial charge in [0.25, 0.3) is 0 Å². The molecule has 0 saturated carbocycles. The number of hydrogen-bond donors (Lipinski definition) is 3. The van der Waals surface area contributed by atoms with E-state index in [1.165, 1.54) is 30.3 Å². The Morgan fingerprint density at radius 3 is 2.35 bits per heavy atom. The molecule has 4 aromatic rings. The molecule has 37 heavy (non-hydrogen) atoms. The summed E-state index contributed by atoms with van der Waals surface area (Å²) in [5, 5.41) is 13.4. The predicted molar refractivity (Wildman–Crippen MR) is 131 cm³/mol. The molecule has 1 heterocycles. The fourth-order valence-electron chi connectivity index (χ4n) is 3.83. The molecule has 186 valence electrons. The van der Waals surface area contributed by atoms with Crippen molar-refractivity contribution >= 4 is 34.8 Å². The number of carbonyl (C=O) groups excluding carboxylic acids is 2. The van der Waals surface area contributed by atoms with Crippen LogP contribution in [-0.2, 0) is 0 Å². The number of benzene rings is 3. The fourth-order valence-corrected chi connectivity index (χ4v) is 4.04. The number of ketones is 2. The Morgan fingerprint density at radius 2 is 1.68 bits per heavy atom. The highest BCUT2D eigenvalue weighted by Gasteiger charge is 2.35. The van der Waals surface area contributed by atoms with Crippen molar-refractivity contribution in [3.8, 4) is 29.0 Å². The molecule has 0 atom stereocenters. The second-order valence-electron chi connectivity index (χ2n) is 7.80. The van der Waals surface area contributed by atoms with E-state index in [0.29, 0.717) is 6.54 Å². The average molecular weight is 522 g/mol. The molecule has 5 rings (SSSR count). The summed E-state index contributed by atoms with van der Waals surface area (Å²) in [7, 11) is 0. The van der Waals surface area contributed by atoms with Gasteiger partial charge in [0.1, 0.15) is 17.2 Å². The molecule has 0 spiro atoms. The normalized spacial score (nSPS) is 12.1. The summed E-state index contributed by atoms with van der Waals surface area (Å²) in [5.41, 5.74) is 6.14. The van der Waals surface area contributed by atoms with Crippen LogP contribution < -0.4 is 20.5 Å². The van der Waals surface area contributed by atoms with Crippen molar-refractivity contribution in [2.24, 2.45) is 0 Å². The Hall–Kier alpha value is -4.77. The van der Waals surface area contributed by atoms with Crippen LogP contribution >= 0.6 is 11.6 Å². The van der Waals surface area contributed by atoms with E-state index in [1.807, 2.05) is 0 Å². The first-order valence-corrected chi connectivity index (χ1v) is 11.3. The van der Waals surface area contributed by atoms with Crippen LogP contribution in [0.4, 0.5) is 16.0 Å².